The maximum absolute atomic E-state index is 13.0. The number of hydrogen-bond donors (Lipinski definition) is 1. The normalized spacial score (nSPS) is 46.1. The van der Waals surface area contributed by atoms with E-state index in [1.54, 1.807) is 0 Å². The molecule has 0 aromatic carbocycles. The van der Waals surface area contributed by atoms with E-state index in [1.807, 2.05) is 11.8 Å². The number of alkyl halides is 2. The van der Waals surface area contributed by atoms with Crippen molar-refractivity contribution in [2.45, 2.75) is 36.8 Å². The zero-order chi connectivity index (χ0) is 11.2. The van der Waals surface area contributed by atoms with Crippen LogP contribution in [0.1, 0.15) is 19.3 Å². The van der Waals surface area contributed by atoms with E-state index in [1.165, 1.54) is 0 Å². The Morgan fingerprint density at radius 3 is 2.88 bits per heavy atom. The van der Waals surface area contributed by atoms with Crippen molar-refractivity contribution in [3.63, 3.8) is 0 Å². The monoisotopic (exact) mass is 249 g/mol. The van der Waals surface area contributed by atoms with Gasteiger partial charge in [-0.3, -0.25) is 0 Å². The first-order valence-electron chi connectivity index (χ1n) is 5.95. The summed E-state index contributed by atoms with van der Waals surface area (Å²) >= 11 is 1.88. The van der Waals surface area contributed by atoms with E-state index in [-0.39, 0.29) is 18.1 Å². The summed E-state index contributed by atoms with van der Waals surface area (Å²) in [5, 5.41) is 3.39. The molecule has 3 atom stereocenters. The van der Waals surface area contributed by atoms with Gasteiger partial charge in [0.25, 0.3) is 5.92 Å². The molecule has 0 aromatic heterocycles. The summed E-state index contributed by atoms with van der Waals surface area (Å²) in [6.07, 6.45) is 1.66. The fourth-order valence-electron chi connectivity index (χ4n) is 2.83. The smallest absolute Gasteiger partial charge is 0.251 e. The van der Waals surface area contributed by atoms with Gasteiger partial charge >= 0.3 is 0 Å². The van der Waals surface area contributed by atoms with Crippen molar-refractivity contribution in [3.05, 3.63) is 0 Å². The first-order chi connectivity index (χ1) is 7.62. The molecule has 3 aliphatic rings. The Morgan fingerprint density at radius 2 is 2.25 bits per heavy atom. The fraction of sp³-hybridized carbons (Fsp3) is 1.00. The second-order valence-corrected chi connectivity index (χ2v) is 6.23. The van der Waals surface area contributed by atoms with E-state index in [9.17, 15) is 8.78 Å². The molecule has 0 bridgehead atoms. The van der Waals surface area contributed by atoms with Crippen molar-refractivity contribution in [2.75, 3.05) is 24.7 Å². The standard InChI is InChI=1S/C11H17F2NOS/c12-11(13)6-8(11)5-9-10(1-4-16-7-10)15-3-2-14-9/h8-9,14H,1-7H2. The summed E-state index contributed by atoms with van der Waals surface area (Å²) in [5.41, 5.74) is -0.151. The van der Waals surface area contributed by atoms with E-state index < -0.39 is 11.8 Å². The second-order valence-electron chi connectivity index (χ2n) is 5.12. The zero-order valence-corrected chi connectivity index (χ0v) is 9.99. The van der Waals surface area contributed by atoms with Crippen LogP contribution in [0.4, 0.5) is 8.78 Å². The van der Waals surface area contributed by atoms with E-state index in [0.717, 1.165) is 31.1 Å². The molecule has 16 heavy (non-hydrogen) atoms. The minimum absolute atomic E-state index is 0.0778. The van der Waals surface area contributed by atoms with Gasteiger partial charge in [-0.05, 0) is 18.6 Å². The summed E-state index contributed by atoms with van der Waals surface area (Å²) in [4.78, 5) is 0. The Kier molecular flexibility index (Phi) is 2.68. The topological polar surface area (TPSA) is 21.3 Å². The Bertz CT molecular complexity index is 281. The number of halogens is 2. The highest BCUT2D eigenvalue weighted by atomic mass is 32.2. The summed E-state index contributed by atoms with van der Waals surface area (Å²) in [6, 6.07) is 0.134. The van der Waals surface area contributed by atoms with Gasteiger partial charge in [-0.2, -0.15) is 11.8 Å². The lowest BCUT2D eigenvalue weighted by atomic mass is 9.88. The molecular weight excluding hydrogens is 232 g/mol. The lowest BCUT2D eigenvalue weighted by molar-refractivity contribution is -0.0833. The largest absolute Gasteiger partial charge is 0.371 e. The van der Waals surface area contributed by atoms with Gasteiger partial charge in [-0.1, -0.05) is 0 Å². The highest BCUT2D eigenvalue weighted by Gasteiger charge is 2.59. The summed E-state index contributed by atoms with van der Waals surface area (Å²) < 4.78 is 31.8. The minimum atomic E-state index is -2.40. The molecule has 2 nitrogen and oxygen atoms in total. The van der Waals surface area contributed by atoms with Crippen LogP contribution in [0.25, 0.3) is 0 Å². The molecule has 2 heterocycles. The van der Waals surface area contributed by atoms with Crippen LogP contribution in [0.2, 0.25) is 0 Å². The number of hydrogen-bond acceptors (Lipinski definition) is 3. The molecule has 2 saturated heterocycles. The Hall–Kier alpha value is 0.130. The number of nitrogens with one attached hydrogen (secondary N) is 1. The van der Waals surface area contributed by atoms with Gasteiger partial charge in [0.1, 0.15) is 0 Å². The average Bonchev–Trinajstić information content (AvgIpc) is 2.66. The molecule has 1 aliphatic carbocycles. The lowest BCUT2D eigenvalue weighted by Gasteiger charge is -2.41. The maximum Gasteiger partial charge on any atom is 0.251 e. The van der Waals surface area contributed by atoms with Crippen LogP contribution in [0.3, 0.4) is 0 Å². The first-order valence-corrected chi connectivity index (χ1v) is 7.11. The third-order valence-electron chi connectivity index (χ3n) is 4.01. The molecule has 1 saturated carbocycles. The fourth-order valence-corrected chi connectivity index (χ4v) is 4.24. The zero-order valence-electron chi connectivity index (χ0n) is 9.18. The molecule has 5 heteroatoms. The highest BCUT2D eigenvalue weighted by molar-refractivity contribution is 7.99. The van der Waals surface area contributed by atoms with Crippen LogP contribution < -0.4 is 5.32 Å². The van der Waals surface area contributed by atoms with Gasteiger partial charge in [0.15, 0.2) is 0 Å². The van der Waals surface area contributed by atoms with Crippen LogP contribution in [0.5, 0.6) is 0 Å². The summed E-state index contributed by atoms with van der Waals surface area (Å²) in [7, 11) is 0. The molecule has 2 aliphatic heterocycles. The third-order valence-corrected chi connectivity index (χ3v) is 5.19. The van der Waals surface area contributed by atoms with Crippen molar-refractivity contribution >= 4 is 11.8 Å². The molecule has 0 amide bonds. The van der Waals surface area contributed by atoms with Crippen LogP contribution >= 0.6 is 11.8 Å². The molecule has 3 rings (SSSR count). The van der Waals surface area contributed by atoms with Gasteiger partial charge < -0.3 is 10.1 Å². The van der Waals surface area contributed by atoms with Crippen LogP contribution in [-0.2, 0) is 4.74 Å². The minimum Gasteiger partial charge on any atom is -0.371 e. The Labute approximate surface area is 98.5 Å². The van der Waals surface area contributed by atoms with Crippen molar-refractivity contribution < 1.29 is 13.5 Å². The SMILES string of the molecule is FC1(F)CC1CC1NCCOC12CCSC2. The maximum atomic E-state index is 13.0. The number of thioether (sulfide) groups is 1. The van der Waals surface area contributed by atoms with Gasteiger partial charge in [0, 0.05) is 30.7 Å². The highest BCUT2D eigenvalue weighted by Crippen LogP contribution is 2.53. The summed E-state index contributed by atoms with van der Waals surface area (Å²) in [5.74, 6) is -0.747. The number of ether oxygens (including phenoxy) is 1. The van der Waals surface area contributed by atoms with Crippen molar-refractivity contribution in [1.82, 2.24) is 5.32 Å². The quantitative estimate of drug-likeness (QED) is 0.807. The molecule has 1 N–H and O–H groups in total. The van der Waals surface area contributed by atoms with Gasteiger partial charge in [-0.15, -0.1) is 0 Å². The van der Waals surface area contributed by atoms with E-state index in [4.69, 9.17) is 4.74 Å². The molecular formula is C11H17F2NOS. The predicted molar refractivity (Wildman–Crippen MR) is 60.1 cm³/mol. The van der Waals surface area contributed by atoms with Crippen molar-refractivity contribution in [2.24, 2.45) is 5.92 Å². The number of morpholine rings is 1. The van der Waals surface area contributed by atoms with Crippen LogP contribution in [0, 0.1) is 5.92 Å². The Balaban J connectivity index is 1.67. The van der Waals surface area contributed by atoms with Crippen LogP contribution in [0.15, 0.2) is 0 Å². The van der Waals surface area contributed by atoms with Gasteiger partial charge in [0.05, 0.1) is 12.2 Å². The van der Waals surface area contributed by atoms with Crippen LogP contribution in [-0.4, -0.2) is 42.2 Å². The van der Waals surface area contributed by atoms with E-state index in [2.05, 4.69) is 5.32 Å². The number of rotatable bonds is 2. The Morgan fingerprint density at radius 1 is 1.44 bits per heavy atom. The van der Waals surface area contributed by atoms with E-state index in [0.29, 0.717) is 6.42 Å². The molecule has 3 unspecified atom stereocenters. The molecule has 0 radical (unpaired) electrons. The van der Waals surface area contributed by atoms with Crippen molar-refractivity contribution in [1.29, 1.82) is 0 Å². The summed E-state index contributed by atoms with van der Waals surface area (Å²) in [6.45, 7) is 1.52. The molecule has 3 fully saturated rings. The lowest BCUT2D eigenvalue weighted by Crippen LogP contribution is -2.58. The van der Waals surface area contributed by atoms with Gasteiger partial charge in [0.2, 0.25) is 0 Å². The average molecular weight is 249 g/mol. The predicted octanol–water partition coefficient (Wildman–Crippen LogP) is 1.90. The van der Waals surface area contributed by atoms with Crippen molar-refractivity contribution in [3.8, 4) is 0 Å². The molecule has 0 aromatic rings. The first kappa shape index (κ1) is 11.2. The van der Waals surface area contributed by atoms with E-state index >= 15 is 0 Å². The van der Waals surface area contributed by atoms with Gasteiger partial charge in [-0.25, -0.2) is 8.78 Å². The molecule has 1 spiro atoms. The second kappa shape index (κ2) is 3.82. The molecule has 92 valence electrons. The third kappa shape index (κ3) is 1.87.